The van der Waals surface area contributed by atoms with E-state index in [2.05, 4.69) is 33.2 Å². The van der Waals surface area contributed by atoms with E-state index in [1.54, 1.807) is 23.1 Å². The summed E-state index contributed by atoms with van der Waals surface area (Å²) in [5.74, 6) is 0.881. The number of aromatic nitrogens is 1. The molecule has 0 aliphatic heterocycles. The van der Waals surface area contributed by atoms with Crippen molar-refractivity contribution >= 4 is 44.7 Å². The van der Waals surface area contributed by atoms with Gasteiger partial charge in [-0.05, 0) is 31.0 Å². The molecule has 0 saturated carbocycles. The summed E-state index contributed by atoms with van der Waals surface area (Å²) < 4.78 is 1.02. The lowest BCUT2D eigenvalue weighted by molar-refractivity contribution is 0.902. The number of aryl methyl sites for hydroxylation is 1. The first-order valence-electron chi connectivity index (χ1n) is 5.80. The van der Waals surface area contributed by atoms with Crippen molar-refractivity contribution in [3.05, 3.63) is 38.8 Å². The maximum Gasteiger partial charge on any atom is 0.0928 e. The third-order valence-electron chi connectivity index (χ3n) is 2.41. The molecule has 2 aromatic rings. The second-order valence-corrected chi connectivity index (χ2v) is 6.83. The van der Waals surface area contributed by atoms with Crippen LogP contribution in [0.1, 0.15) is 24.0 Å². The van der Waals surface area contributed by atoms with Gasteiger partial charge in [0.1, 0.15) is 0 Å². The average molecular weight is 343 g/mol. The molecule has 2 N–H and O–H groups in total. The van der Waals surface area contributed by atoms with E-state index in [-0.39, 0.29) is 0 Å². The highest BCUT2D eigenvalue weighted by Gasteiger charge is 2.05. The molecule has 1 heterocycles. The Morgan fingerprint density at radius 3 is 3.00 bits per heavy atom. The lowest BCUT2D eigenvalue weighted by Gasteiger charge is -2.04. The molecule has 1 aromatic heterocycles. The van der Waals surface area contributed by atoms with E-state index in [4.69, 9.17) is 5.73 Å². The summed E-state index contributed by atoms with van der Waals surface area (Å²) in [5.41, 5.74) is 7.94. The van der Waals surface area contributed by atoms with Crippen LogP contribution >= 0.6 is 39.0 Å². The second-order valence-electron chi connectivity index (χ2n) is 3.95. The standard InChI is InChI=1S/C13H15BrN2S2/c1-2-3-13-16-10(8-18-13)7-17-12-5-4-9(14)6-11(12)15/h4-6,8H,2-3,7,15H2,1H3. The Kier molecular flexibility index (Phi) is 5.09. The molecule has 0 fully saturated rings. The van der Waals surface area contributed by atoms with Gasteiger partial charge in [0, 0.05) is 26.2 Å². The molecule has 0 aliphatic carbocycles. The first-order valence-corrected chi connectivity index (χ1v) is 8.46. The van der Waals surface area contributed by atoms with E-state index in [0.717, 1.165) is 39.3 Å². The quantitative estimate of drug-likeness (QED) is 0.630. The third kappa shape index (κ3) is 3.73. The molecule has 0 saturated heterocycles. The fraction of sp³-hybridized carbons (Fsp3) is 0.308. The topological polar surface area (TPSA) is 38.9 Å². The number of rotatable bonds is 5. The van der Waals surface area contributed by atoms with Gasteiger partial charge in [-0.25, -0.2) is 4.98 Å². The Labute approximate surface area is 124 Å². The van der Waals surface area contributed by atoms with Crippen molar-refractivity contribution in [2.75, 3.05) is 5.73 Å². The first kappa shape index (κ1) is 13.9. The summed E-state index contributed by atoms with van der Waals surface area (Å²) >= 11 is 6.90. The van der Waals surface area contributed by atoms with Crippen LogP contribution in [0.2, 0.25) is 0 Å². The molecule has 0 aliphatic rings. The maximum absolute atomic E-state index is 5.97. The van der Waals surface area contributed by atoms with Gasteiger partial charge in [0.15, 0.2) is 0 Å². The van der Waals surface area contributed by atoms with Crippen molar-refractivity contribution in [3.8, 4) is 0 Å². The second kappa shape index (κ2) is 6.59. The van der Waals surface area contributed by atoms with E-state index in [0.29, 0.717) is 0 Å². The summed E-state index contributed by atoms with van der Waals surface area (Å²) in [7, 11) is 0. The highest BCUT2D eigenvalue weighted by molar-refractivity contribution is 9.10. The van der Waals surface area contributed by atoms with E-state index in [9.17, 15) is 0 Å². The van der Waals surface area contributed by atoms with E-state index in [1.165, 1.54) is 5.01 Å². The number of thiazole rings is 1. The summed E-state index contributed by atoms with van der Waals surface area (Å²) in [5, 5.41) is 3.38. The number of nitrogens with zero attached hydrogens (tertiary/aromatic N) is 1. The fourth-order valence-corrected chi connectivity index (χ4v) is 3.77. The SMILES string of the molecule is CCCc1nc(CSc2ccc(Br)cc2N)cs1. The molecule has 0 atom stereocenters. The Hall–Kier alpha value is -0.520. The van der Waals surface area contributed by atoms with E-state index < -0.39 is 0 Å². The van der Waals surface area contributed by atoms with Crippen LogP contribution in [0.5, 0.6) is 0 Å². The molecule has 2 nitrogen and oxygen atoms in total. The van der Waals surface area contributed by atoms with Gasteiger partial charge in [0.05, 0.1) is 10.7 Å². The van der Waals surface area contributed by atoms with Crippen LogP contribution in [0, 0.1) is 0 Å². The van der Waals surface area contributed by atoms with Crippen molar-refractivity contribution < 1.29 is 0 Å². The molecule has 0 radical (unpaired) electrons. The van der Waals surface area contributed by atoms with Gasteiger partial charge in [-0.3, -0.25) is 0 Å². The predicted molar refractivity (Wildman–Crippen MR) is 84.2 cm³/mol. The number of thioether (sulfide) groups is 1. The number of nitrogen functional groups attached to an aromatic ring is 1. The molecule has 0 amide bonds. The number of nitrogens with two attached hydrogens (primary N) is 1. The predicted octanol–water partition coefficient (Wildman–Crippen LogP) is 4.73. The van der Waals surface area contributed by atoms with Crippen LogP contribution in [-0.2, 0) is 12.2 Å². The Morgan fingerprint density at radius 1 is 1.44 bits per heavy atom. The molecule has 0 bridgehead atoms. The third-order valence-corrected chi connectivity index (χ3v) is 4.98. The highest BCUT2D eigenvalue weighted by atomic mass is 79.9. The lowest BCUT2D eigenvalue weighted by atomic mass is 10.3. The normalized spacial score (nSPS) is 10.8. The van der Waals surface area contributed by atoms with Crippen molar-refractivity contribution in [2.45, 2.75) is 30.4 Å². The van der Waals surface area contributed by atoms with E-state index in [1.807, 2.05) is 18.2 Å². The zero-order chi connectivity index (χ0) is 13.0. The molecule has 0 spiro atoms. The van der Waals surface area contributed by atoms with Gasteiger partial charge in [0.25, 0.3) is 0 Å². The number of hydrogen-bond donors (Lipinski definition) is 1. The van der Waals surface area contributed by atoms with Crippen LogP contribution in [0.4, 0.5) is 5.69 Å². The van der Waals surface area contributed by atoms with Gasteiger partial charge in [-0.2, -0.15) is 0 Å². The zero-order valence-electron chi connectivity index (χ0n) is 10.1. The van der Waals surface area contributed by atoms with Gasteiger partial charge in [-0.15, -0.1) is 23.1 Å². The highest BCUT2D eigenvalue weighted by Crippen LogP contribution is 2.30. The van der Waals surface area contributed by atoms with Crippen molar-refractivity contribution in [1.82, 2.24) is 4.98 Å². The molecular formula is C13H15BrN2S2. The van der Waals surface area contributed by atoms with Crippen LogP contribution in [0.15, 0.2) is 32.9 Å². The van der Waals surface area contributed by atoms with Gasteiger partial charge >= 0.3 is 0 Å². The summed E-state index contributed by atoms with van der Waals surface area (Å²) in [4.78, 5) is 5.72. The van der Waals surface area contributed by atoms with Crippen LogP contribution < -0.4 is 5.73 Å². The van der Waals surface area contributed by atoms with Gasteiger partial charge in [0.2, 0.25) is 0 Å². The Bertz CT molecular complexity index is 525. The number of anilines is 1. The summed E-state index contributed by atoms with van der Waals surface area (Å²) in [6.07, 6.45) is 2.23. The Morgan fingerprint density at radius 2 is 2.28 bits per heavy atom. The fourth-order valence-electron chi connectivity index (χ4n) is 1.55. The van der Waals surface area contributed by atoms with E-state index >= 15 is 0 Å². The number of benzene rings is 1. The van der Waals surface area contributed by atoms with Crippen molar-refractivity contribution in [2.24, 2.45) is 0 Å². The minimum Gasteiger partial charge on any atom is -0.398 e. The monoisotopic (exact) mass is 342 g/mol. The lowest BCUT2D eigenvalue weighted by Crippen LogP contribution is -1.89. The smallest absolute Gasteiger partial charge is 0.0928 e. The zero-order valence-corrected chi connectivity index (χ0v) is 13.4. The molecule has 1 aromatic carbocycles. The molecule has 18 heavy (non-hydrogen) atoms. The van der Waals surface area contributed by atoms with Crippen molar-refractivity contribution in [1.29, 1.82) is 0 Å². The largest absolute Gasteiger partial charge is 0.398 e. The number of hydrogen-bond acceptors (Lipinski definition) is 4. The molecule has 0 unspecified atom stereocenters. The average Bonchev–Trinajstić information content (AvgIpc) is 2.76. The van der Waals surface area contributed by atoms with Crippen LogP contribution in [0.25, 0.3) is 0 Å². The van der Waals surface area contributed by atoms with Crippen molar-refractivity contribution in [3.63, 3.8) is 0 Å². The number of halogens is 1. The van der Waals surface area contributed by atoms with Gasteiger partial charge in [-0.1, -0.05) is 22.9 Å². The van der Waals surface area contributed by atoms with Crippen LogP contribution in [0.3, 0.4) is 0 Å². The minimum absolute atomic E-state index is 0.818. The molecule has 2 rings (SSSR count). The minimum atomic E-state index is 0.818. The molecule has 96 valence electrons. The van der Waals surface area contributed by atoms with Gasteiger partial charge < -0.3 is 5.73 Å². The van der Waals surface area contributed by atoms with Crippen LogP contribution in [-0.4, -0.2) is 4.98 Å². The summed E-state index contributed by atoms with van der Waals surface area (Å²) in [6, 6.07) is 6.00. The summed E-state index contributed by atoms with van der Waals surface area (Å²) in [6.45, 7) is 2.18. The molecule has 5 heteroatoms. The first-order chi connectivity index (χ1) is 8.69. The molecular weight excluding hydrogens is 328 g/mol. The Balaban J connectivity index is 1.97. The maximum atomic E-state index is 5.97.